The lowest BCUT2D eigenvalue weighted by atomic mass is 9.47. The quantitative estimate of drug-likeness (QED) is 0.0477. The van der Waals surface area contributed by atoms with E-state index in [1.165, 1.54) is 104 Å². The second-order valence-corrected chi connectivity index (χ2v) is 51.9. The van der Waals surface area contributed by atoms with Gasteiger partial charge in [-0.3, -0.25) is 28.8 Å². The number of esters is 14. The fourth-order valence-electron chi connectivity index (χ4n) is 30.5. The Morgan fingerprint density at radius 2 is 0.705 bits per heavy atom. The first-order chi connectivity index (χ1) is 68.3. The molecule has 20 saturated carbocycles. The van der Waals surface area contributed by atoms with Crippen molar-refractivity contribution in [2.45, 2.75) is 403 Å². The Bertz CT molecular complexity index is 4810. The van der Waals surface area contributed by atoms with E-state index in [0.717, 1.165) is 119 Å². The number of rotatable bonds is 26. The number of fused-ring (bicyclic) bond motifs is 10. The minimum Gasteiger partial charge on any atom is -0.465 e. The minimum absolute atomic E-state index is 0.0283. The molecule has 1 N–H and O–H groups in total. The van der Waals surface area contributed by atoms with E-state index in [1.807, 2.05) is 41.5 Å². The van der Waals surface area contributed by atoms with E-state index in [2.05, 4.69) is 79.5 Å². The first-order valence-corrected chi connectivity index (χ1v) is 55.4. The van der Waals surface area contributed by atoms with Crippen molar-refractivity contribution < 1.29 is 139 Å². The standard InChI is InChI=1S/C19H32O2.C17H24O6.C17H26O2.C17H28O2.C15H18O6.C14H20O3.C10H16O4.C8H10O4/c1-6-18(4,5)17(20)21-19(12(2)3)15-8-13-7-14(10-15)11-16(19)9-13;1-4-17(2,3)16(20)22-8-13(18)23-12-6-9-5-10(12)14-11(9)7-21-15(14)19;1-10(2)16(18)19-17(11(3)4)14-6-12-5-13(8-14)9-15(17)7-12;1-5-15(2,3)14(18)19-17-9-12-6-13(10-17)8-16(4,7-12)11-17;1-7(2)14(17)20-6-12(16)21-11-4-8-3-9(11)13-10(8)5-19-15(13)18;1-9(2)12(15)17-14-6-10-3-11(7-14)5-13(16,4-10)8-14;1-4-10(2,3)9(12)14-7-5-6-13-8(7)11;1-5(2)7(9)12-6-3-4-11-8(6)10/h12-16H,6-11H2,1-5H3;9-12,14H,4-8H2,1-3H3;11-15H,1,5-9H2,2-4H3;12-13H,5-11H2,1-4H3;8-11,13H,1,3-6H2,2H3;10-11,16H,1,3-8H2,2H3;7H,4-6H2,1-3H3;6H,1,3-4H2,2H3. The number of carbonyl (C=O) groups excluding carboxylic acids is 14. The molecule has 146 heavy (non-hydrogen) atoms. The Morgan fingerprint density at radius 3 is 1.07 bits per heavy atom. The molecule has 24 fully saturated rings. The van der Waals surface area contributed by atoms with Gasteiger partial charge in [0.1, 0.15) is 34.6 Å². The summed E-state index contributed by atoms with van der Waals surface area (Å²) in [6.07, 6.45) is 31.5. The van der Waals surface area contributed by atoms with Crippen LogP contribution in [0.15, 0.2) is 48.6 Å². The largest absolute Gasteiger partial charge is 0.465 e. The van der Waals surface area contributed by atoms with Crippen molar-refractivity contribution in [1.82, 2.24) is 0 Å². The topological polar surface area (TPSA) is 388 Å². The summed E-state index contributed by atoms with van der Waals surface area (Å²) >= 11 is 0. The van der Waals surface area contributed by atoms with Crippen molar-refractivity contribution >= 4 is 83.6 Å². The molecule has 816 valence electrons. The van der Waals surface area contributed by atoms with Crippen LogP contribution >= 0.6 is 0 Å². The molecule has 16 unspecified atom stereocenters. The average molecular weight is 2040 g/mol. The Labute approximate surface area is 866 Å². The first kappa shape index (κ1) is 115. The van der Waals surface area contributed by atoms with Gasteiger partial charge >= 0.3 is 83.6 Å². The Hall–Kier alpha value is -8.50. The van der Waals surface area contributed by atoms with Crippen molar-refractivity contribution in [2.24, 2.45) is 157 Å². The van der Waals surface area contributed by atoms with Crippen LogP contribution in [-0.2, 0) is 133 Å². The van der Waals surface area contributed by atoms with Crippen LogP contribution in [0.3, 0.4) is 0 Å². The van der Waals surface area contributed by atoms with Gasteiger partial charge in [0.05, 0.1) is 65.5 Å². The van der Waals surface area contributed by atoms with E-state index in [-0.39, 0.29) is 123 Å². The predicted molar refractivity (Wildman–Crippen MR) is 538 cm³/mol. The molecule has 0 aromatic carbocycles. The molecule has 0 radical (unpaired) electrons. The van der Waals surface area contributed by atoms with Crippen molar-refractivity contribution in [2.75, 3.05) is 39.6 Å². The maximum absolute atomic E-state index is 12.8. The number of carbonyl (C=O) groups is 14. The van der Waals surface area contributed by atoms with Crippen LogP contribution in [0.4, 0.5) is 0 Å². The van der Waals surface area contributed by atoms with Gasteiger partial charge in [-0.25, -0.2) is 38.4 Å². The Balaban J connectivity index is 0.000000140. The van der Waals surface area contributed by atoms with E-state index in [1.54, 1.807) is 41.5 Å². The summed E-state index contributed by atoms with van der Waals surface area (Å²) in [4.78, 5) is 164. The van der Waals surface area contributed by atoms with Crippen LogP contribution in [-0.4, -0.2) is 181 Å². The SMILES string of the molecule is C=C(C)C(=O)OC1(C(C)C)C2CC3CC(C2)CC1C3.C=C(C)C(=O)OC12CC3CC(CC(O)(C3)C1)C2.C=C(C)C(=O)OC1CCOC1=O.C=C(C)C(=O)OCC(=O)OC1CC2CC1C1C(=O)OCC21.CCC(C)(C)C(=O)OC1(C(C)C)C2CC3CC(C2)CC1C3.CCC(C)(C)C(=O)OC12CC3CC(CC(C)(C3)C1)C2.CCC(C)(C)C(=O)OC1CCOC1=O.CCC(C)(C)C(=O)OCC(=O)OC1CC2CC1C1C(=O)OCC21. The molecule has 4 heterocycles. The highest BCUT2D eigenvalue weighted by Crippen LogP contribution is 2.67. The predicted octanol–water partition coefficient (Wildman–Crippen LogP) is 19.5. The fourth-order valence-corrected chi connectivity index (χ4v) is 30.5. The van der Waals surface area contributed by atoms with E-state index < -0.39 is 82.6 Å². The lowest BCUT2D eigenvalue weighted by Crippen LogP contribution is -2.63. The van der Waals surface area contributed by atoms with Gasteiger partial charge in [0, 0.05) is 65.2 Å². The van der Waals surface area contributed by atoms with Crippen molar-refractivity contribution in [3.8, 4) is 0 Å². The van der Waals surface area contributed by atoms with Crippen LogP contribution < -0.4 is 0 Å². The third kappa shape index (κ3) is 25.3. The van der Waals surface area contributed by atoms with Crippen LogP contribution in [0.25, 0.3) is 0 Å². The van der Waals surface area contributed by atoms with Gasteiger partial charge in [-0.1, -0.05) is 88.6 Å². The molecule has 0 spiro atoms. The molecule has 0 aromatic rings. The zero-order valence-corrected chi connectivity index (χ0v) is 91.6. The molecule has 16 atom stereocenters. The molecule has 29 heteroatoms. The van der Waals surface area contributed by atoms with Gasteiger partial charge < -0.3 is 71.4 Å². The summed E-state index contributed by atoms with van der Waals surface area (Å²) in [5, 5.41) is 10.5. The normalized spacial score (nSPS) is 37.5. The fraction of sp³-hybridized carbons (Fsp3) is 0.812. The zero-order chi connectivity index (χ0) is 107. The molecular formula is C117H174O29. The minimum atomic E-state index is -0.728. The average Bonchev–Trinajstić information content (AvgIpc) is 0.863. The Kier molecular flexibility index (Phi) is 35.5. The summed E-state index contributed by atoms with van der Waals surface area (Å²) in [6, 6.07) is 0. The van der Waals surface area contributed by atoms with Crippen LogP contribution in [0.5, 0.6) is 0 Å². The third-order valence-electron chi connectivity index (χ3n) is 38.3. The molecule has 24 aliphatic rings. The van der Waals surface area contributed by atoms with Gasteiger partial charge in [-0.05, 0) is 369 Å². The number of ether oxygens (including phenoxy) is 14. The monoisotopic (exact) mass is 2040 g/mol. The molecule has 4 saturated heterocycles. The van der Waals surface area contributed by atoms with Crippen LogP contribution in [0.1, 0.15) is 351 Å². The second-order valence-electron chi connectivity index (χ2n) is 51.9. The summed E-state index contributed by atoms with van der Waals surface area (Å²) in [7, 11) is 0. The van der Waals surface area contributed by atoms with Gasteiger partial charge in [0.15, 0.2) is 13.2 Å². The Morgan fingerprint density at radius 1 is 0.363 bits per heavy atom. The summed E-state index contributed by atoms with van der Waals surface area (Å²) < 4.78 is 74.3. The number of aliphatic hydroxyl groups is 1. The molecular weight excluding hydrogens is 1870 g/mol. The summed E-state index contributed by atoms with van der Waals surface area (Å²) in [5.74, 6) is 6.21. The molecule has 20 aliphatic carbocycles. The second kappa shape index (κ2) is 45.2. The first-order valence-electron chi connectivity index (χ1n) is 55.4. The zero-order valence-electron chi connectivity index (χ0n) is 91.6. The van der Waals surface area contributed by atoms with Crippen LogP contribution in [0.2, 0.25) is 0 Å². The lowest BCUT2D eigenvalue weighted by molar-refractivity contribution is -0.231. The molecule has 20 bridgehead atoms. The van der Waals surface area contributed by atoms with Gasteiger partial charge in [-0.15, -0.1) is 0 Å². The van der Waals surface area contributed by atoms with Gasteiger partial charge in [0.2, 0.25) is 12.2 Å². The molecule has 0 aromatic heterocycles. The van der Waals surface area contributed by atoms with E-state index in [0.29, 0.717) is 146 Å². The number of cyclic esters (lactones) is 4. The van der Waals surface area contributed by atoms with Gasteiger partial charge in [0.25, 0.3) is 0 Å². The maximum Gasteiger partial charge on any atom is 0.347 e. The lowest BCUT2D eigenvalue weighted by Gasteiger charge is -2.62. The molecule has 4 aliphatic heterocycles. The highest BCUT2D eigenvalue weighted by atomic mass is 16.6. The smallest absolute Gasteiger partial charge is 0.347 e. The highest BCUT2D eigenvalue weighted by molar-refractivity contribution is 5.91. The maximum atomic E-state index is 12.8. The van der Waals surface area contributed by atoms with E-state index >= 15 is 0 Å². The third-order valence-corrected chi connectivity index (χ3v) is 38.3. The van der Waals surface area contributed by atoms with E-state index in [9.17, 15) is 72.2 Å². The number of hydrogen-bond acceptors (Lipinski definition) is 29. The number of hydrogen-bond donors (Lipinski definition) is 1. The van der Waals surface area contributed by atoms with Gasteiger partial charge in [-0.2, -0.15) is 0 Å². The van der Waals surface area contributed by atoms with E-state index in [4.69, 9.17) is 61.6 Å². The summed E-state index contributed by atoms with van der Waals surface area (Å²) in [5.41, 5.74) is -1.30. The molecule has 24 rings (SSSR count). The summed E-state index contributed by atoms with van der Waals surface area (Å²) in [6.45, 7) is 56.2. The van der Waals surface area contributed by atoms with Crippen molar-refractivity contribution in [1.29, 1.82) is 0 Å². The van der Waals surface area contributed by atoms with Crippen molar-refractivity contribution in [3.05, 3.63) is 48.6 Å². The molecule has 29 nitrogen and oxygen atoms in total. The highest BCUT2D eigenvalue weighted by Gasteiger charge is 2.67. The van der Waals surface area contributed by atoms with Crippen molar-refractivity contribution in [3.63, 3.8) is 0 Å². The molecule has 0 amide bonds. The van der Waals surface area contributed by atoms with Crippen LogP contribution in [0, 0.1) is 157 Å².